The lowest BCUT2D eigenvalue weighted by molar-refractivity contribution is -0.192. The number of pyridine rings is 1. The summed E-state index contributed by atoms with van der Waals surface area (Å²) < 4.78 is 45.6. The first-order valence-electron chi connectivity index (χ1n) is 9.60. The molecule has 3 heterocycles. The molecule has 0 bridgehead atoms. The number of hydrogen-bond acceptors (Lipinski definition) is 5. The third-order valence-electron chi connectivity index (χ3n) is 5.11. The van der Waals surface area contributed by atoms with E-state index in [-0.39, 0.29) is 24.2 Å². The highest BCUT2D eigenvalue weighted by Crippen LogP contribution is 2.33. The van der Waals surface area contributed by atoms with Gasteiger partial charge in [-0.3, -0.25) is 4.79 Å². The van der Waals surface area contributed by atoms with Gasteiger partial charge in [-0.1, -0.05) is 6.07 Å². The molecule has 0 spiro atoms. The molecule has 2 aliphatic rings. The van der Waals surface area contributed by atoms with Crippen LogP contribution in [0.1, 0.15) is 23.3 Å². The van der Waals surface area contributed by atoms with Gasteiger partial charge < -0.3 is 24.0 Å². The number of halogens is 3. The van der Waals surface area contributed by atoms with Crippen molar-refractivity contribution < 1.29 is 37.3 Å². The largest absolute Gasteiger partial charge is 0.490 e. The molecule has 168 valence electrons. The van der Waals surface area contributed by atoms with Crippen molar-refractivity contribution in [3.05, 3.63) is 48.4 Å². The number of morpholine rings is 1. The quantitative estimate of drug-likeness (QED) is 0.787. The second-order valence-corrected chi connectivity index (χ2v) is 7.11. The van der Waals surface area contributed by atoms with Gasteiger partial charge >= 0.3 is 12.1 Å². The van der Waals surface area contributed by atoms with E-state index in [0.29, 0.717) is 24.7 Å². The number of fused-ring (bicyclic) bond motifs is 1. The van der Waals surface area contributed by atoms with E-state index in [9.17, 15) is 18.0 Å². The van der Waals surface area contributed by atoms with Crippen molar-refractivity contribution in [3.63, 3.8) is 0 Å². The normalized spacial score (nSPS) is 22.8. The zero-order valence-corrected chi connectivity index (χ0v) is 16.7. The van der Waals surface area contributed by atoms with Gasteiger partial charge in [0.1, 0.15) is 17.9 Å². The molecule has 2 aromatic heterocycles. The predicted octanol–water partition coefficient (Wildman–Crippen LogP) is 2.50. The van der Waals surface area contributed by atoms with Crippen LogP contribution < -0.4 is 4.74 Å². The molecule has 1 saturated carbocycles. The summed E-state index contributed by atoms with van der Waals surface area (Å²) in [5.41, 5.74) is 0.713. The average molecular weight is 441 g/mol. The second kappa shape index (κ2) is 9.38. The van der Waals surface area contributed by atoms with Gasteiger partial charge in [0.25, 0.3) is 5.91 Å². The number of carboxylic acids is 1. The standard InChI is InChI=1S/C18H21N3O3.C2HF3O2/c1-20-10-4-5-14(20)18(22)21-11-12-23-17-13(21)7-8-15(17)24-16-6-2-3-9-19-16;3-2(4,5)1(6)7/h2-6,9-10,13,15,17H,7-8,11-12H2,1H3;(H,6,7)/t13-,15+,17+;/m0./s1. The minimum absolute atomic E-state index is 0.0612. The summed E-state index contributed by atoms with van der Waals surface area (Å²) in [5.74, 6) is -2.08. The highest BCUT2D eigenvalue weighted by atomic mass is 19.4. The summed E-state index contributed by atoms with van der Waals surface area (Å²) in [4.78, 5) is 28.0. The summed E-state index contributed by atoms with van der Waals surface area (Å²) in [6.45, 7) is 1.17. The van der Waals surface area contributed by atoms with Crippen LogP contribution in [0.5, 0.6) is 5.88 Å². The zero-order valence-electron chi connectivity index (χ0n) is 16.7. The molecular formula is C20H22F3N3O5. The number of aromatic nitrogens is 2. The van der Waals surface area contributed by atoms with E-state index in [1.165, 1.54) is 0 Å². The zero-order chi connectivity index (χ0) is 22.6. The van der Waals surface area contributed by atoms with Crippen molar-refractivity contribution in [2.24, 2.45) is 7.05 Å². The monoisotopic (exact) mass is 441 g/mol. The molecule has 1 saturated heterocycles. The number of amides is 1. The molecule has 2 fully saturated rings. The Labute approximate surface area is 176 Å². The van der Waals surface area contributed by atoms with Gasteiger partial charge in [0.05, 0.1) is 12.6 Å². The van der Waals surface area contributed by atoms with E-state index in [0.717, 1.165) is 12.8 Å². The van der Waals surface area contributed by atoms with Gasteiger partial charge in [-0.2, -0.15) is 13.2 Å². The first-order chi connectivity index (χ1) is 14.7. The maximum atomic E-state index is 12.9. The second-order valence-electron chi connectivity index (χ2n) is 7.11. The fourth-order valence-corrected chi connectivity index (χ4v) is 3.70. The minimum Gasteiger partial charge on any atom is -0.475 e. The fraction of sp³-hybridized carbons (Fsp3) is 0.450. The Balaban J connectivity index is 0.000000339. The van der Waals surface area contributed by atoms with Crippen LogP contribution in [0.2, 0.25) is 0 Å². The van der Waals surface area contributed by atoms with E-state index >= 15 is 0 Å². The van der Waals surface area contributed by atoms with Crippen molar-refractivity contribution in [1.29, 1.82) is 0 Å². The van der Waals surface area contributed by atoms with Crippen molar-refractivity contribution >= 4 is 11.9 Å². The average Bonchev–Trinajstić information content (AvgIpc) is 3.34. The summed E-state index contributed by atoms with van der Waals surface area (Å²) in [6.07, 6.45) is 0.127. The highest BCUT2D eigenvalue weighted by Gasteiger charge is 2.46. The third kappa shape index (κ3) is 5.35. The van der Waals surface area contributed by atoms with Gasteiger partial charge in [-0.05, 0) is 31.0 Å². The van der Waals surface area contributed by atoms with Gasteiger partial charge in [0, 0.05) is 32.1 Å². The van der Waals surface area contributed by atoms with Crippen LogP contribution in [0.4, 0.5) is 13.2 Å². The number of hydrogen-bond donors (Lipinski definition) is 1. The molecule has 1 amide bonds. The van der Waals surface area contributed by atoms with Crippen LogP contribution in [0.25, 0.3) is 0 Å². The molecule has 3 atom stereocenters. The third-order valence-corrected chi connectivity index (χ3v) is 5.11. The summed E-state index contributed by atoms with van der Waals surface area (Å²) in [6, 6.07) is 9.44. The Kier molecular flexibility index (Phi) is 6.84. The van der Waals surface area contributed by atoms with E-state index < -0.39 is 12.1 Å². The van der Waals surface area contributed by atoms with Gasteiger partial charge in [0.15, 0.2) is 0 Å². The van der Waals surface area contributed by atoms with Crippen LogP contribution in [0.3, 0.4) is 0 Å². The Morgan fingerprint density at radius 2 is 1.97 bits per heavy atom. The number of ether oxygens (including phenoxy) is 2. The van der Waals surface area contributed by atoms with E-state index in [1.807, 2.05) is 53.0 Å². The van der Waals surface area contributed by atoms with E-state index in [1.54, 1.807) is 6.20 Å². The van der Waals surface area contributed by atoms with Crippen molar-refractivity contribution in [2.45, 2.75) is 37.3 Å². The SMILES string of the molecule is Cn1cccc1C(=O)N1CCO[C@H]2[C@H](Oc3ccccn3)CC[C@@H]21.O=C(O)C(F)(F)F. The van der Waals surface area contributed by atoms with Crippen molar-refractivity contribution in [3.8, 4) is 5.88 Å². The van der Waals surface area contributed by atoms with E-state index in [2.05, 4.69) is 4.98 Å². The first-order valence-corrected chi connectivity index (χ1v) is 9.60. The summed E-state index contributed by atoms with van der Waals surface area (Å²) >= 11 is 0. The number of carbonyl (C=O) groups excluding carboxylic acids is 1. The van der Waals surface area contributed by atoms with Crippen molar-refractivity contribution in [2.75, 3.05) is 13.2 Å². The molecule has 0 aromatic carbocycles. The van der Waals surface area contributed by atoms with Gasteiger partial charge in [-0.15, -0.1) is 0 Å². The number of aryl methyl sites for hydroxylation is 1. The highest BCUT2D eigenvalue weighted by molar-refractivity contribution is 5.93. The molecule has 11 heteroatoms. The lowest BCUT2D eigenvalue weighted by Gasteiger charge is -2.38. The summed E-state index contributed by atoms with van der Waals surface area (Å²) in [7, 11) is 1.90. The number of carbonyl (C=O) groups is 2. The Bertz CT molecular complexity index is 903. The number of nitrogens with zero attached hydrogens (tertiary/aromatic N) is 3. The molecular weight excluding hydrogens is 419 g/mol. The molecule has 4 rings (SSSR count). The molecule has 31 heavy (non-hydrogen) atoms. The van der Waals surface area contributed by atoms with Crippen LogP contribution in [0.15, 0.2) is 42.7 Å². The van der Waals surface area contributed by atoms with Crippen LogP contribution >= 0.6 is 0 Å². The maximum Gasteiger partial charge on any atom is 0.490 e. The van der Waals surface area contributed by atoms with Crippen molar-refractivity contribution in [1.82, 2.24) is 14.5 Å². The number of rotatable bonds is 3. The van der Waals surface area contributed by atoms with Gasteiger partial charge in [-0.25, -0.2) is 9.78 Å². The molecule has 0 radical (unpaired) electrons. The van der Waals surface area contributed by atoms with Gasteiger partial charge in [0.2, 0.25) is 5.88 Å². The summed E-state index contributed by atoms with van der Waals surface area (Å²) in [5, 5.41) is 7.12. The lowest BCUT2D eigenvalue weighted by atomic mass is 10.1. The topological polar surface area (TPSA) is 93.9 Å². The molecule has 1 aliphatic carbocycles. The number of carboxylic acid groups (broad SMARTS) is 1. The Morgan fingerprint density at radius 3 is 2.55 bits per heavy atom. The Hall–Kier alpha value is -3.08. The van der Waals surface area contributed by atoms with E-state index in [4.69, 9.17) is 19.4 Å². The molecule has 8 nitrogen and oxygen atoms in total. The molecule has 2 aromatic rings. The minimum atomic E-state index is -5.08. The number of alkyl halides is 3. The van der Waals surface area contributed by atoms with Crippen LogP contribution in [-0.4, -0.2) is 69.0 Å². The Morgan fingerprint density at radius 1 is 1.23 bits per heavy atom. The molecule has 1 aliphatic heterocycles. The molecule has 1 N–H and O–H groups in total. The number of aliphatic carboxylic acids is 1. The van der Waals surface area contributed by atoms with Crippen LogP contribution in [0, 0.1) is 0 Å². The maximum absolute atomic E-state index is 12.9. The molecule has 0 unspecified atom stereocenters. The smallest absolute Gasteiger partial charge is 0.475 e. The lowest BCUT2D eigenvalue weighted by Crippen LogP contribution is -2.54. The predicted molar refractivity (Wildman–Crippen MR) is 102 cm³/mol. The first kappa shape index (κ1) is 22.6. The fourth-order valence-electron chi connectivity index (χ4n) is 3.70. The van der Waals surface area contributed by atoms with Crippen LogP contribution in [-0.2, 0) is 16.6 Å².